The molecule has 8 heteroatoms. The summed E-state index contributed by atoms with van der Waals surface area (Å²) in [7, 11) is -3.66. The van der Waals surface area contributed by atoms with Crippen LogP contribution in [0.1, 0.15) is 11.3 Å². The van der Waals surface area contributed by atoms with Crippen LogP contribution in [0.15, 0.2) is 39.8 Å². The van der Waals surface area contributed by atoms with Crippen LogP contribution in [-0.4, -0.2) is 44.1 Å². The monoisotopic (exact) mass is 332 g/mol. The van der Waals surface area contributed by atoms with Crippen LogP contribution in [0.2, 0.25) is 0 Å². The third-order valence-electron chi connectivity index (χ3n) is 3.80. The van der Waals surface area contributed by atoms with E-state index in [0.717, 1.165) is 11.6 Å². The van der Waals surface area contributed by atoms with Crippen molar-refractivity contribution in [2.45, 2.75) is 11.8 Å². The molecule has 0 aliphatic carbocycles. The highest BCUT2D eigenvalue weighted by Crippen LogP contribution is 2.23. The molecule has 0 amide bonds. The van der Waals surface area contributed by atoms with Gasteiger partial charge in [0, 0.05) is 32.2 Å². The van der Waals surface area contributed by atoms with Gasteiger partial charge in [-0.2, -0.15) is 9.57 Å². The smallest absolute Gasteiger partial charge is 0.244 e. The Bertz CT molecular complexity index is 846. The molecule has 0 radical (unpaired) electrons. The molecule has 3 rings (SSSR count). The van der Waals surface area contributed by atoms with Crippen LogP contribution in [-0.2, 0) is 10.0 Å². The van der Waals surface area contributed by atoms with Crippen molar-refractivity contribution in [2.75, 3.05) is 31.1 Å². The van der Waals surface area contributed by atoms with Crippen molar-refractivity contribution in [1.29, 1.82) is 5.26 Å². The van der Waals surface area contributed by atoms with Crippen molar-refractivity contribution in [3.63, 3.8) is 0 Å². The Kier molecular flexibility index (Phi) is 4.07. The van der Waals surface area contributed by atoms with E-state index in [-0.39, 0.29) is 10.5 Å². The molecule has 120 valence electrons. The molecule has 0 spiro atoms. The molecule has 23 heavy (non-hydrogen) atoms. The van der Waals surface area contributed by atoms with Gasteiger partial charge in [0.1, 0.15) is 11.8 Å². The Hall–Kier alpha value is -2.37. The highest BCUT2D eigenvalue weighted by atomic mass is 32.2. The van der Waals surface area contributed by atoms with E-state index in [9.17, 15) is 8.42 Å². The molecule has 2 aromatic rings. The lowest BCUT2D eigenvalue weighted by Crippen LogP contribution is -2.48. The number of aryl methyl sites for hydroxylation is 1. The number of piperazine rings is 1. The summed E-state index contributed by atoms with van der Waals surface area (Å²) in [6.07, 6.45) is 0. The minimum atomic E-state index is -3.66. The Morgan fingerprint density at radius 2 is 1.91 bits per heavy atom. The summed E-state index contributed by atoms with van der Waals surface area (Å²) in [5.74, 6) is 1.44. The van der Waals surface area contributed by atoms with Gasteiger partial charge in [0.2, 0.25) is 10.0 Å². The van der Waals surface area contributed by atoms with Crippen molar-refractivity contribution in [3.8, 4) is 6.07 Å². The minimum Gasteiger partial charge on any atom is -0.360 e. The van der Waals surface area contributed by atoms with Gasteiger partial charge in [-0.05, 0) is 19.1 Å². The van der Waals surface area contributed by atoms with Crippen LogP contribution >= 0.6 is 0 Å². The first-order valence-electron chi connectivity index (χ1n) is 7.20. The molecule has 0 bridgehead atoms. The molecule has 0 saturated carbocycles. The second kappa shape index (κ2) is 6.02. The van der Waals surface area contributed by atoms with Crippen LogP contribution in [0.3, 0.4) is 0 Å². The van der Waals surface area contributed by atoms with Gasteiger partial charge in [-0.1, -0.05) is 17.3 Å². The molecule has 2 heterocycles. The van der Waals surface area contributed by atoms with E-state index >= 15 is 0 Å². The Morgan fingerprint density at radius 1 is 1.22 bits per heavy atom. The van der Waals surface area contributed by atoms with Crippen molar-refractivity contribution >= 4 is 15.8 Å². The molecule has 1 aromatic heterocycles. The third-order valence-corrected chi connectivity index (χ3v) is 5.76. The average Bonchev–Trinajstić information content (AvgIpc) is 3.01. The first kappa shape index (κ1) is 15.5. The first-order chi connectivity index (χ1) is 11.0. The maximum Gasteiger partial charge on any atom is 0.244 e. The number of aromatic nitrogens is 1. The van der Waals surface area contributed by atoms with Crippen LogP contribution in [0.25, 0.3) is 0 Å². The zero-order valence-electron chi connectivity index (χ0n) is 12.6. The van der Waals surface area contributed by atoms with E-state index < -0.39 is 10.0 Å². The first-order valence-corrected chi connectivity index (χ1v) is 8.64. The fraction of sp³-hybridized carbons (Fsp3) is 0.333. The van der Waals surface area contributed by atoms with Gasteiger partial charge in [-0.25, -0.2) is 8.42 Å². The Balaban J connectivity index is 1.78. The number of hydrogen-bond acceptors (Lipinski definition) is 6. The van der Waals surface area contributed by atoms with Crippen LogP contribution < -0.4 is 4.90 Å². The Labute approximate surface area is 134 Å². The highest BCUT2D eigenvalue weighted by Gasteiger charge is 2.30. The summed E-state index contributed by atoms with van der Waals surface area (Å²) >= 11 is 0. The number of benzene rings is 1. The number of anilines is 1. The van der Waals surface area contributed by atoms with E-state index in [0.29, 0.717) is 26.2 Å². The topological polar surface area (TPSA) is 90.4 Å². The molecular formula is C15H16N4O3S. The van der Waals surface area contributed by atoms with Crippen LogP contribution in [0, 0.1) is 18.3 Å². The molecule has 0 N–H and O–H groups in total. The van der Waals surface area contributed by atoms with Crippen molar-refractivity contribution < 1.29 is 12.9 Å². The fourth-order valence-corrected chi connectivity index (χ4v) is 4.15. The molecule has 0 atom stereocenters. The van der Waals surface area contributed by atoms with E-state index in [4.69, 9.17) is 9.78 Å². The van der Waals surface area contributed by atoms with Crippen LogP contribution in [0.5, 0.6) is 0 Å². The van der Waals surface area contributed by atoms with Gasteiger partial charge < -0.3 is 9.42 Å². The lowest BCUT2D eigenvalue weighted by molar-refractivity contribution is 0.371. The lowest BCUT2D eigenvalue weighted by Gasteiger charge is -2.33. The molecule has 1 saturated heterocycles. The fourth-order valence-electron chi connectivity index (χ4n) is 2.58. The van der Waals surface area contributed by atoms with E-state index in [2.05, 4.69) is 5.16 Å². The van der Waals surface area contributed by atoms with E-state index in [1.807, 2.05) is 24.0 Å². The molecule has 1 aliphatic rings. The highest BCUT2D eigenvalue weighted by molar-refractivity contribution is 7.89. The van der Waals surface area contributed by atoms with Gasteiger partial charge in [0.05, 0.1) is 10.5 Å². The predicted octanol–water partition coefficient (Wildman–Crippen LogP) is 1.37. The second-order valence-corrected chi connectivity index (χ2v) is 7.20. The summed E-state index contributed by atoms with van der Waals surface area (Å²) in [5, 5.41) is 13.1. The quantitative estimate of drug-likeness (QED) is 0.843. The predicted molar refractivity (Wildman–Crippen MR) is 83.4 cm³/mol. The SMILES string of the molecule is Cc1cc(N2CCN(S(=O)(=O)c3ccccc3C#N)CC2)no1. The maximum atomic E-state index is 12.7. The van der Waals surface area contributed by atoms with Crippen molar-refractivity contribution in [3.05, 3.63) is 41.7 Å². The number of sulfonamides is 1. The summed E-state index contributed by atoms with van der Waals surface area (Å²) < 4.78 is 31.9. The normalized spacial score (nSPS) is 16.3. The van der Waals surface area contributed by atoms with Gasteiger partial charge in [-0.3, -0.25) is 0 Å². The lowest BCUT2D eigenvalue weighted by atomic mass is 10.2. The van der Waals surface area contributed by atoms with E-state index in [1.54, 1.807) is 12.1 Å². The number of nitrogens with zero attached hydrogens (tertiary/aromatic N) is 4. The zero-order chi connectivity index (χ0) is 16.4. The average molecular weight is 332 g/mol. The Morgan fingerprint density at radius 3 is 2.52 bits per heavy atom. The standard InChI is InChI=1S/C15H16N4O3S/c1-12-10-15(17-22-12)18-6-8-19(9-7-18)23(20,21)14-5-3-2-4-13(14)11-16/h2-5,10H,6-9H2,1H3. The number of hydrogen-bond donors (Lipinski definition) is 0. The summed E-state index contributed by atoms with van der Waals surface area (Å²) in [4.78, 5) is 2.05. The van der Waals surface area contributed by atoms with Gasteiger partial charge in [-0.15, -0.1) is 0 Å². The maximum absolute atomic E-state index is 12.7. The second-order valence-electron chi connectivity index (χ2n) is 5.29. The number of rotatable bonds is 3. The number of nitriles is 1. The van der Waals surface area contributed by atoms with E-state index in [1.165, 1.54) is 16.4 Å². The molecule has 1 fully saturated rings. The molecule has 1 aromatic carbocycles. The minimum absolute atomic E-state index is 0.0632. The van der Waals surface area contributed by atoms with Crippen molar-refractivity contribution in [1.82, 2.24) is 9.46 Å². The molecule has 7 nitrogen and oxygen atoms in total. The van der Waals surface area contributed by atoms with Gasteiger partial charge in [0.15, 0.2) is 5.82 Å². The molecular weight excluding hydrogens is 316 g/mol. The third kappa shape index (κ3) is 2.93. The van der Waals surface area contributed by atoms with Gasteiger partial charge in [0.25, 0.3) is 0 Å². The summed E-state index contributed by atoms with van der Waals surface area (Å²) in [5.41, 5.74) is 0.169. The van der Waals surface area contributed by atoms with Crippen molar-refractivity contribution in [2.24, 2.45) is 0 Å². The molecule has 0 unspecified atom stereocenters. The van der Waals surface area contributed by atoms with Gasteiger partial charge >= 0.3 is 0 Å². The van der Waals surface area contributed by atoms with Crippen LogP contribution in [0.4, 0.5) is 5.82 Å². The zero-order valence-corrected chi connectivity index (χ0v) is 13.5. The molecule has 1 aliphatic heterocycles. The largest absolute Gasteiger partial charge is 0.360 e. The summed E-state index contributed by atoms with van der Waals surface area (Å²) in [6.45, 7) is 3.55. The summed E-state index contributed by atoms with van der Waals surface area (Å²) in [6, 6.07) is 10.0.